The molecule has 0 radical (unpaired) electrons. The van der Waals surface area contributed by atoms with Crippen LogP contribution < -0.4 is 10.2 Å². The van der Waals surface area contributed by atoms with Crippen molar-refractivity contribution in [1.82, 2.24) is 4.90 Å². The molecule has 1 aliphatic rings. The first-order chi connectivity index (χ1) is 13.9. The summed E-state index contributed by atoms with van der Waals surface area (Å²) in [6, 6.07) is 16.3. The van der Waals surface area contributed by atoms with Gasteiger partial charge in [-0.1, -0.05) is 30.3 Å². The van der Waals surface area contributed by atoms with Crippen LogP contribution in [0.1, 0.15) is 18.4 Å². The predicted octanol–water partition coefficient (Wildman–Crippen LogP) is 3.22. The lowest BCUT2D eigenvalue weighted by Crippen LogP contribution is -2.44. The molecule has 1 saturated heterocycles. The number of anilines is 2. The number of carboxylic acids is 1. The van der Waals surface area contributed by atoms with Gasteiger partial charge in [-0.2, -0.15) is 0 Å². The highest BCUT2D eigenvalue weighted by molar-refractivity contribution is 5.94. The van der Waals surface area contributed by atoms with E-state index in [0.717, 1.165) is 11.3 Å². The Morgan fingerprint density at radius 2 is 1.79 bits per heavy atom. The van der Waals surface area contributed by atoms with E-state index in [2.05, 4.69) is 5.32 Å². The second kappa shape index (κ2) is 9.23. The standard InChI is InChI=1S/C22H25N3O4/c1-24(19-7-3-2-4-8-19)20(26)14-16-9-11-18(12-10-16)23-22(29)25-13-5-6-17(15-25)21(27)28/h2-4,7-12,17H,5-6,13-15H2,1H3,(H,23,29)(H,27,28). The summed E-state index contributed by atoms with van der Waals surface area (Å²) in [7, 11) is 1.75. The number of carbonyl (C=O) groups is 3. The number of aliphatic carboxylic acids is 1. The van der Waals surface area contributed by atoms with Crippen molar-refractivity contribution < 1.29 is 19.5 Å². The molecule has 1 aliphatic heterocycles. The third kappa shape index (κ3) is 5.34. The summed E-state index contributed by atoms with van der Waals surface area (Å²) >= 11 is 0. The smallest absolute Gasteiger partial charge is 0.321 e. The maximum atomic E-state index is 12.5. The van der Waals surface area contributed by atoms with E-state index in [9.17, 15) is 14.4 Å². The maximum absolute atomic E-state index is 12.5. The fourth-order valence-electron chi connectivity index (χ4n) is 3.36. The molecular weight excluding hydrogens is 370 g/mol. The van der Waals surface area contributed by atoms with Crippen LogP contribution in [0.4, 0.5) is 16.2 Å². The number of hydrogen-bond donors (Lipinski definition) is 2. The number of hydrogen-bond acceptors (Lipinski definition) is 3. The monoisotopic (exact) mass is 395 g/mol. The highest BCUT2D eigenvalue weighted by Gasteiger charge is 2.28. The lowest BCUT2D eigenvalue weighted by Gasteiger charge is -2.30. The minimum absolute atomic E-state index is 0.0268. The maximum Gasteiger partial charge on any atom is 0.321 e. The van der Waals surface area contributed by atoms with Crippen LogP contribution >= 0.6 is 0 Å². The molecule has 2 aromatic carbocycles. The van der Waals surface area contributed by atoms with Crippen molar-refractivity contribution >= 4 is 29.3 Å². The van der Waals surface area contributed by atoms with Crippen LogP contribution in [0, 0.1) is 5.92 Å². The average Bonchev–Trinajstić information content (AvgIpc) is 2.75. The summed E-state index contributed by atoms with van der Waals surface area (Å²) < 4.78 is 0. The number of urea groups is 1. The number of likely N-dealkylation sites (tertiary alicyclic amines) is 1. The van der Waals surface area contributed by atoms with Crippen LogP contribution in [0.15, 0.2) is 54.6 Å². The number of carbonyl (C=O) groups excluding carboxylic acids is 2. The first kappa shape index (κ1) is 20.4. The van der Waals surface area contributed by atoms with Gasteiger partial charge < -0.3 is 20.2 Å². The van der Waals surface area contributed by atoms with Crippen LogP contribution in [-0.4, -0.2) is 48.1 Å². The third-order valence-corrected chi connectivity index (χ3v) is 5.14. The molecule has 7 nitrogen and oxygen atoms in total. The molecule has 1 unspecified atom stereocenters. The molecule has 152 valence electrons. The summed E-state index contributed by atoms with van der Waals surface area (Å²) in [5, 5.41) is 12.0. The molecule has 0 saturated carbocycles. The fraction of sp³-hybridized carbons (Fsp3) is 0.318. The summed E-state index contributed by atoms with van der Waals surface area (Å²) in [4.78, 5) is 39.2. The minimum atomic E-state index is -0.864. The van der Waals surface area contributed by atoms with Crippen molar-refractivity contribution in [2.75, 3.05) is 30.4 Å². The molecule has 0 bridgehead atoms. The third-order valence-electron chi connectivity index (χ3n) is 5.14. The Hall–Kier alpha value is -3.35. The van der Waals surface area contributed by atoms with Gasteiger partial charge in [0.1, 0.15) is 0 Å². The van der Waals surface area contributed by atoms with E-state index >= 15 is 0 Å². The molecule has 2 N–H and O–H groups in total. The second-order valence-electron chi connectivity index (χ2n) is 7.22. The number of nitrogens with one attached hydrogen (secondary N) is 1. The summed E-state index contributed by atoms with van der Waals surface area (Å²) in [5.74, 6) is -1.40. The van der Waals surface area contributed by atoms with Crippen molar-refractivity contribution in [3.63, 3.8) is 0 Å². The molecule has 3 rings (SSSR count). The molecule has 0 aliphatic carbocycles. The SMILES string of the molecule is CN(C(=O)Cc1ccc(NC(=O)N2CCCC(C(=O)O)C2)cc1)c1ccccc1. The van der Waals surface area contributed by atoms with E-state index in [4.69, 9.17) is 5.11 Å². The molecule has 3 amide bonds. The van der Waals surface area contributed by atoms with Crippen molar-refractivity contribution in [2.45, 2.75) is 19.3 Å². The van der Waals surface area contributed by atoms with Crippen molar-refractivity contribution in [1.29, 1.82) is 0 Å². The number of para-hydroxylation sites is 1. The van der Waals surface area contributed by atoms with Gasteiger partial charge in [0.15, 0.2) is 0 Å². The second-order valence-corrected chi connectivity index (χ2v) is 7.22. The minimum Gasteiger partial charge on any atom is -0.481 e. The van der Waals surface area contributed by atoms with E-state index in [1.807, 2.05) is 42.5 Å². The largest absolute Gasteiger partial charge is 0.481 e. The van der Waals surface area contributed by atoms with E-state index in [-0.39, 0.29) is 24.9 Å². The van der Waals surface area contributed by atoms with Crippen LogP contribution in [0.3, 0.4) is 0 Å². The van der Waals surface area contributed by atoms with Gasteiger partial charge >= 0.3 is 12.0 Å². The summed E-state index contributed by atoms with van der Waals surface area (Å²) in [6.45, 7) is 0.771. The Morgan fingerprint density at radius 1 is 1.10 bits per heavy atom. The Labute approximate surface area is 169 Å². The lowest BCUT2D eigenvalue weighted by atomic mass is 9.99. The Balaban J connectivity index is 1.55. The van der Waals surface area contributed by atoms with Crippen LogP contribution in [0.5, 0.6) is 0 Å². The number of piperidine rings is 1. The zero-order valence-electron chi connectivity index (χ0n) is 16.4. The highest BCUT2D eigenvalue weighted by atomic mass is 16.4. The first-order valence-electron chi connectivity index (χ1n) is 9.63. The quantitative estimate of drug-likeness (QED) is 0.813. The first-order valence-corrected chi connectivity index (χ1v) is 9.63. The van der Waals surface area contributed by atoms with Gasteiger partial charge in [-0.3, -0.25) is 9.59 Å². The molecule has 1 heterocycles. The van der Waals surface area contributed by atoms with Crippen molar-refractivity contribution in [3.8, 4) is 0 Å². The molecule has 29 heavy (non-hydrogen) atoms. The summed E-state index contributed by atoms with van der Waals surface area (Å²) in [6.07, 6.45) is 1.53. The molecule has 2 aromatic rings. The van der Waals surface area contributed by atoms with Crippen LogP contribution in [-0.2, 0) is 16.0 Å². The van der Waals surface area contributed by atoms with Crippen molar-refractivity contribution in [2.24, 2.45) is 5.92 Å². The lowest BCUT2D eigenvalue weighted by molar-refractivity contribution is -0.143. The van der Waals surface area contributed by atoms with Crippen molar-refractivity contribution in [3.05, 3.63) is 60.2 Å². The predicted molar refractivity (Wildman–Crippen MR) is 111 cm³/mol. The molecule has 0 spiro atoms. The molecule has 7 heteroatoms. The molecular formula is C22H25N3O4. The Morgan fingerprint density at radius 3 is 2.45 bits per heavy atom. The van der Waals surface area contributed by atoms with E-state index in [1.54, 1.807) is 24.1 Å². The van der Waals surface area contributed by atoms with E-state index in [1.165, 1.54) is 4.90 Å². The fourth-order valence-corrected chi connectivity index (χ4v) is 3.36. The van der Waals surface area contributed by atoms with E-state index < -0.39 is 11.9 Å². The number of carboxylic acid groups (broad SMARTS) is 1. The number of nitrogens with zero attached hydrogens (tertiary/aromatic N) is 2. The zero-order valence-corrected chi connectivity index (χ0v) is 16.4. The normalized spacial score (nSPS) is 16.2. The van der Waals surface area contributed by atoms with E-state index in [0.29, 0.717) is 25.1 Å². The van der Waals surface area contributed by atoms with Gasteiger partial charge in [0, 0.05) is 31.5 Å². The average molecular weight is 395 g/mol. The highest BCUT2D eigenvalue weighted by Crippen LogP contribution is 2.19. The number of amides is 3. The number of benzene rings is 2. The molecule has 1 fully saturated rings. The Kier molecular flexibility index (Phi) is 6.49. The van der Waals surface area contributed by atoms with Gasteiger partial charge in [0.25, 0.3) is 0 Å². The number of rotatable bonds is 5. The number of likely N-dealkylation sites (N-methyl/N-ethyl adjacent to an activating group) is 1. The zero-order chi connectivity index (χ0) is 20.8. The van der Waals surface area contributed by atoms with Gasteiger partial charge in [-0.05, 0) is 42.7 Å². The summed E-state index contributed by atoms with van der Waals surface area (Å²) in [5.41, 5.74) is 2.29. The van der Waals surface area contributed by atoms with Gasteiger partial charge in [-0.15, -0.1) is 0 Å². The van der Waals surface area contributed by atoms with Crippen LogP contribution in [0.2, 0.25) is 0 Å². The van der Waals surface area contributed by atoms with Gasteiger partial charge in [-0.25, -0.2) is 4.79 Å². The Bertz CT molecular complexity index is 867. The molecule has 0 aromatic heterocycles. The van der Waals surface area contributed by atoms with Gasteiger partial charge in [0.05, 0.1) is 12.3 Å². The van der Waals surface area contributed by atoms with Crippen LogP contribution in [0.25, 0.3) is 0 Å². The molecule has 1 atom stereocenters. The van der Waals surface area contributed by atoms with Gasteiger partial charge in [0.2, 0.25) is 5.91 Å². The topological polar surface area (TPSA) is 90.0 Å².